The lowest BCUT2D eigenvalue weighted by molar-refractivity contribution is -0.141. The van der Waals surface area contributed by atoms with Gasteiger partial charge in [0.15, 0.2) is 0 Å². The summed E-state index contributed by atoms with van der Waals surface area (Å²) in [5.74, 6) is -1.48. The maximum atomic E-state index is 12.7. The molecule has 0 radical (unpaired) electrons. The van der Waals surface area contributed by atoms with Gasteiger partial charge in [-0.15, -0.1) is 0 Å². The van der Waals surface area contributed by atoms with Gasteiger partial charge >= 0.3 is 5.97 Å². The normalized spacial score (nSPS) is 19.0. The summed E-state index contributed by atoms with van der Waals surface area (Å²) in [5, 5.41) is 18.5. The molecule has 1 saturated heterocycles. The minimum absolute atomic E-state index is 0.149. The number of methoxy groups -OCH3 is 1. The summed E-state index contributed by atoms with van der Waals surface area (Å²) in [5.41, 5.74) is 1.76. The summed E-state index contributed by atoms with van der Waals surface area (Å²) in [6, 6.07) is 15.6. The highest BCUT2D eigenvalue weighted by atomic mass is 16.5. The van der Waals surface area contributed by atoms with Crippen LogP contribution in [0.1, 0.15) is 27.4 Å². The molecule has 1 fully saturated rings. The van der Waals surface area contributed by atoms with E-state index in [4.69, 9.17) is 10.00 Å². The standard InChI is InChI=1S/C20H18N2O4/c1-26-16-4-2-3-15(9-16)17-11-22(12-18(17)20(24)25)19(23)14-7-5-13(10-21)6-8-14/h2-9,17-18H,11-12H2,1H3,(H,24,25)/t17-,18+/m0/s1. The van der Waals surface area contributed by atoms with Gasteiger partial charge in [-0.25, -0.2) is 0 Å². The van der Waals surface area contributed by atoms with Gasteiger partial charge in [-0.3, -0.25) is 9.59 Å². The minimum Gasteiger partial charge on any atom is -0.497 e. The molecule has 132 valence electrons. The number of hydrogen-bond donors (Lipinski definition) is 1. The highest BCUT2D eigenvalue weighted by molar-refractivity contribution is 5.95. The van der Waals surface area contributed by atoms with E-state index in [2.05, 4.69) is 0 Å². The molecular formula is C20H18N2O4. The van der Waals surface area contributed by atoms with Crippen LogP contribution in [-0.4, -0.2) is 42.1 Å². The lowest BCUT2D eigenvalue weighted by Crippen LogP contribution is -2.29. The first-order valence-electron chi connectivity index (χ1n) is 8.19. The van der Waals surface area contributed by atoms with Gasteiger partial charge in [-0.2, -0.15) is 5.26 Å². The van der Waals surface area contributed by atoms with E-state index in [-0.39, 0.29) is 18.4 Å². The van der Waals surface area contributed by atoms with Gasteiger partial charge in [0, 0.05) is 24.6 Å². The van der Waals surface area contributed by atoms with E-state index >= 15 is 0 Å². The maximum absolute atomic E-state index is 12.7. The molecule has 3 rings (SSSR count). The fourth-order valence-corrected chi connectivity index (χ4v) is 3.30. The fourth-order valence-electron chi connectivity index (χ4n) is 3.30. The van der Waals surface area contributed by atoms with Crippen molar-refractivity contribution in [3.8, 4) is 11.8 Å². The van der Waals surface area contributed by atoms with E-state index in [1.807, 2.05) is 24.3 Å². The number of rotatable bonds is 4. The highest BCUT2D eigenvalue weighted by Crippen LogP contribution is 2.35. The first-order chi connectivity index (χ1) is 12.5. The predicted molar refractivity (Wildman–Crippen MR) is 93.9 cm³/mol. The number of carbonyl (C=O) groups is 2. The molecule has 1 N–H and O–H groups in total. The summed E-state index contributed by atoms with van der Waals surface area (Å²) in [7, 11) is 1.56. The Balaban J connectivity index is 1.85. The van der Waals surface area contributed by atoms with Crippen LogP contribution in [0.5, 0.6) is 5.75 Å². The lowest BCUT2D eigenvalue weighted by Gasteiger charge is -2.17. The Morgan fingerprint density at radius 1 is 1.19 bits per heavy atom. The van der Waals surface area contributed by atoms with Crippen molar-refractivity contribution in [2.24, 2.45) is 5.92 Å². The van der Waals surface area contributed by atoms with Crippen molar-refractivity contribution < 1.29 is 19.4 Å². The van der Waals surface area contributed by atoms with Crippen LogP contribution in [0.4, 0.5) is 0 Å². The summed E-state index contributed by atoms with van der Waals surface area (Å²) in [6.07, 6.45) is 0. The van der Waals surface area contributed by atoms with Crippen LogP contribution in [0.2, 0.25) is 0 Å². The zero-order valence-corrected chi connectivity index (χ0v) is 14.3. The molecule has 2 aromatic carbocycles. The van der Waals surface area contributed by atoms with E-state index in [0.29, 0.717) is 23.4 Å². The zero-order valence-electron chi connectivity index (χ0n) is 14.3. The van der Waals surface area contributed by atoms with E-state index < -0.39 is 11.9 Å². The quantitative estimate of drug-likeness (QED) is 0.915. The van der Waals surface area contributed by atoms with E-state index in [0.717, 1.165) is 5.56 Å². The van der Waals surface area contributed by atoms with Crippen molar-refractivity contribution in [3.63, 3.8) is 0 Å². The Bertz CT molecular complexity index is 870. The Morgan fingerprint density at radius 3 is 2.54 bits per heavy atom. The Morgan fingerprint density at radius 2 is 1.92 bits per heavy atom. The summed E-state index contributed by atoms with van der Waals surface area (Å²) < 4.78 is 5.22. The minimum atomic E-state index is -0.923. The number of benzene rings is 2. The van der Waals surface area contributed by atoms with Gasteiger partial charge in [0.2, 0.25) is 0 Å². The SMILES string of the molecule is COc1cccc([C@@H]2CN(C(=O)c3ccc(C#N)cc3)C[C@H]2C(=O)O)c1. The molecule has 0 unspecified atom stereocenters. The monoisotopic (exact) mass is 350 g/mol. The molecule has 1 amide bonds. The second-order valence-electron chi connectivity index (χ2n) is 6.23. The number of nitriles is 1. The van der Waals surface area contributed by atoms with Crippen molar-refractivity contribution in [1.29, 1.82) is 5.26 Å². The molecule has 0 aromatic heterocycles. The number of aliphatic carboxylic acids is 1. The molecule has 0 aliphatic carbocycles. The van der Waals surface area contributed by atoms with E-state index in [1.54, 1.807) is 42.3 Å². The van der Waals surface area contributed by atoms with Crippen LogP contribution >= 0.6 is 0 Å². The summed E-state index contributed by atoms with van der Waals surface area (Å²) in [6.45, 7) is 0.471. The maximum Gasteiger partial charge on any atom is 0.308 e. The second-order valence-corrected chi connectivity index (χ2v) is 6.23. The molecule has 1 aliphatic rings. The van der Waals surface area contributed by atoms with Gasteiger partial charge < -0.3 is 14.7 Å². The number of carboxylic acids is 1. The van der Waals surface area contributed by atoms with Crippen molar-refractivity contribution in [2.45, 2.75) is 5.92 Å². The van der Waals surface area contributed by atoms with Crippen LogP contribution in [-0.2, 0) is 4.79 Å². The third-order valence-corrected chi connectivity index (χ3v) is 4.71. The van der Waals surface area contributed by atoms with Crippen LogP contribution in [0.15, 0.2) is 48.5 Å². The third kappa shape index (κ3) is 3.38. The number of hydrogen-bond acceptors (Lipinski definition) is 4. The molecular weight excluding hydrogens is 332 g/mol. The molecule has 0 saturated carbocycles. The molecule has 26 heavy (non-hydrogen) atoms. The molecule has 6 heteroatoms. The van der Waals surface area contributed by atoms with Crippen LogP contribution in [0, 0.1) is 17.2 Å². The van der Waals surface area contributed by atoms with E-state index in [9.17, 15) is 14.7 Å². The smallest absolute Gasteiger partial charge is 0.308 e. The number of ether oxygens (including phenoxy) is 1. The van der Waals surface area contributed by atoms with E-state index in [1.165, 1.54) is 0 Å². The first-order valence-corrected chi connectivity index (χ1v) is 8.19. The predicted octanol–water partition coefficient (Wildman–Crippen LogP) is 2.51. The number of nitrogens with zero attached hydrogens (tertiary/aromatic N) is 2. The summed E-state index contributed by atoms with van der Waals surface area (Å²) >= 11 is 0. The fraction of sp³-hybridized carbons (Fsp3) is 0.250. The molecule has 2 aromatic rings. The van der Waals surface area contributed by atoms with Crippen LogP contribution in [0.25, 0.3) is 0 Å². The largest absolute Gasteiger partial charge is 0.497 e. The topological polar surface area (TPSA) is 90.6 Å². The average Bonchev–Trinajstić information content (AvgIpc) is 3.13. The molecule has 0 bridgehead atoms. The number of carboxylic acid groups (broad SMARTS) is 1. The van der Waals surface area contributed by atoms with Gasteiger partial charge in [0.1, 0.15) is 5.75 Å². The Labute approximate surface area is 151 Å². The zero-order chi connectivity index (χ0) is 18.7. The molecule has 0 spiro atoms. The highest BCUT2D eigenvalue weighted by Gasteiger charge is 2.40. The second kappa shape index (κ2) is 7.28. The molecule has 2 atom stereocenters. The number of carbonyl (C=O) groups excluding carboxylic acids is 1. The molecule has 6 nitrogen and oxygen atoms in total. The number of likely N-dealkylation sites (tertiary alicyclic amines) is 1. The van der Waals surface area contributed by atoms with Gasteiger partial charge in [-0.1, -0.05) is 12.1 Å². The Hall–Kier alpha value is -3.33. The third-order valence-electron chi connectivity index (χ3n) is 4.71. The molecule has 1 aliphatic heterocycles. The van der Waals surface area contributed by atoms with Crippen molar-refractivity contribution >= 4 is 11.9 Å². The molecule has 1 heterocycles. The lowest BCUT2D eigenvalue weighted by atomic mass is 9.89. The van der Waals surface area contributed by atoms with Crippen LogP contribution < -0.4 is 4.74 Å². The first kappa shape index (κ1) is 17.5. The van der Waals surface area contributed by atoms with Gasteiger partial charge in [0.25, 0.3) is 5.91 Å². The van der Waals surface area contributed by atoms with Gasteiger partial charge in [0.05, 0.1) is 24.7 Å². The van der Waals surface area contributed by atoms with Crippen molar-refractivity contribution in [2.75, 3.05) is 20.2 Å². The average molecular weight is 350 g/mol. The van der Waals surface area contributed by atoms with Crippen molar-refractivity contribution in [1.82, 2.24) is 4.90 Å². The van der Waals surface area contributed by atoms with Gasteiger partial charge in [-0.05, 0) is 42.0 Å². The number of amides is 1. The summed E-state index contributed by atoms with van der Waals surface area (Å²) in [4.78, 5) is 26.0. The van der Waals surface area contributed by atoms with Crippen LogP contribution in [0.3, 0.4) is 0 Å². The van der Waals surface area contributed by atoms with Crippen molar-refractivity contribution in [3.05, 3.63) is 65.2 Å². The Kier molecular flexibility index (Phi) is 4.90.